The van der Waals surface area contributed by atoms with Crippen LogP contribution in [0.15, 0.2) is 54.0 Å². The van der Waals surface area contributed by atoms with E-state index in [1.165, 1.54) is 13.3 Å². The van der Waals surface area contributed by atoms with E-state index in [4.69, 9.17) is 5.11 Å². The lowest BCUT2D eigenvalue weighted by atomic mass is 10.1. The first-order chi connectivity index (χ1) is 15.4. The number of hydrogen-bond donors (Lipinski definition) is 3. The van der Waals surface area contributed by atoms with Gasteiger partial charge in [0.25, 0.3) is 5.56 Å². The smallest absolute Gasteiger partial charge is 0.342 e. The molecule has 166 valence electrons. The number of carboxylic acid groups (broad SMARTS) is 1. The molecule has 0 bridgehead atoms. The number of H-pyrrole nitrogens is 1. The molecule has 4 rings (SSSR count). The summed E-state index contributed by atoms with van der Waals surface area (Å²) < 4.78 is 0. The molecule has 3 N–H and O–H groups in total. The maximum atomic E-state index is 12.4. The highest BCUT2D eigenvalue weighted by Gasteiger charge is 2.32. The Kier molecular flexibility index (Phi) is 7.11. The van der Waals surface area contributed by atoms with Crippen LogP contribution in [0.1, 0.15) is 30.1 Å². The third-order valence-corrected chi connectivity index (χ3v) is 4.79. The van der Waals surface area contributed by atoms with Crippen LogP contribution >= 0.6 is 0 Å². The average molecular weight is 437 g/mol. The summed E-state index contributed by atoms with van der Waals surface area (Å²) in [5.41, 5.74) is -0.0680. The summed E-state index contributed by atoms with van der Waals surface area (Å²) in [5, 5.41) is 11.6. The van der Waals surface area contributed by atoms with E-state index in [1.807, 2.05) is 0 Å². The van der Waals surface area contributed by atoms with Gasteiger partial charge in [-0.3, -0.25) is 14.4 Å². The van der Waals surface area contributed by atoms with E-state index < -0.39 is 23.1 Å². The number of carbonyl (C=O) groups excluding carboxylic acids is 2. The lowest BCUT2D eigenvalue weighted by molar-refractivity contribution is -0.134. The normalized spacial score (nSPS) is 14.9. The number of hydrogen-bond acceptors (Lipinski definition) is 6. The fraction of sp³-hybridized carbons (Fsp3) is 0.238. The molecule has 0 saturated carbocycles. The van der Waals surface area contributed by atoms with E-state index in [0.29, 0.717) is 24.2 Å². The van der Waals surface area contributed by atoms with Gasteiger partial charge in [0.1, 0.15) is 17.4 Å². The van der Waals surface area contributed by atoms with Gasteiger partial charge in [-0.2, -0.15) is 0 Å². The van der Waals surface area contributed by atoms with E-state index in [2.05, 4.69) is 25.3 Å². The first-order valence-corrected chi connectivity index (χ1v) is 9.74. The number of nitrogens with one attached hydrogen (secondary N) is 2. The Hall–Kier alpha value is -4.28. The van der Waals surface area contributed by atoms with Crippen LogP contribution in [-0.2, 0) is 9.59 Å². The first-order valence-electron chi connectivity index (χ1n) is 9.74. The second-order valence-corrected chi connectivity index (χ2v) is 6.93. The molecule has 1 aromatic carbocycles. The number of carbonyl (C=O) groups is 3. The Morgan fingerprint density at radius 3 is 2.53 bits per heavy atom. The number of aromatic nitrogens is 4. The van der Waals surface area contributed by atoms with Crippen LogP contribution in [-0.4, -0.2) is 55.3 Å². The highest BCUT2D eigenvalue weighted by molar-refractivity contribution is 5.97. The maximum absolute atomic E-state index is 12.4. The SMILES string of the molecule is CC(=O)N1CCCC1C(=O)Nc1ccc(-c2ncc(C(=O)O)c(=O)[nH]2)cc1.c1c[n-]cn1. The molecule has 0 aliphatic carbocycles. The van der Waals surface area contributed by atoms with E-state index >= 15 is 0 Å². The molecule has 32 heavy (non-hydrogen) atoms. The molecule has 1 unspecified atom stereocenters. The molecule has 11 heteroatoms. The number of anilines is 1. The molecule has 3 heterocycles. The molecule has 0 radical (unpaired) electrons. The largest absolute Gasteiger partial charge is 0.477 e. The minimum absolute atomic E-state index is 0.122. The number of imidazole rings is 1. The summed E-state index contributed by atoms with van der Waals surface area (Å²) in [6.45, 7) is 2.03. The Bertz CT molecular complexity index is 1120. The van der Waals surface area contributed by atoms with Crippen LogP contribution in [0.25, 0.3) is 11.4 Å². The minimum atomic E-state index is -1.35. The standard InChI is InChI=1S/C18H18N4O5.C3H3N2/c1-10(23)22-8-2-3-14(22)17(25)20-12-6-4-11(5-7-12)15-19-9-13(18(26)27)16(24)21-15;1-2-5-3-4-1/h4-7,9,14H,2-3,8H2,1H3,(H,20,25)(H,26,27)(H,19,21,24);1-3H/q;-1. The van der Waals surface area contributed by atoms with Gasteiger partial charge in [-0.1, -0.05) is 18.7 Å². The predicted octanol–water partition coefficient (Wildman–Crippen LogP) is 1.12. The van der Waals surface area contributed by atoms with E-state index in [-0.39, 0.29) is 17.6 Å². The van der Waals surface area contributed by atoms with Crippen molar-refractivity contribution in [2.75, 3.05) is 11.9 Å². The molecule has 1 fully saturated rings. The van der Waals surface area contributed by atoms with Crippen LogP contribution in [0.5, 0.6) is 0 Å². The number of amides is 2. The van der Waals surface area contributed by atoms with Crippen LogP contribution in [0.2, 0.25) is 0 Å². The lowest BCUT2D eigenvalue weighted by Gasteiger charge is -2.22. The van der Waals surface area contributed by atoms with Crippen molar-refractivity contribution in [3.8, 4) is 11.4 Å². The van der Waals surface area contributed by atoms with Gasteiger partial charge >= 0.3 is 5.97 Å². The van der Waals surface area contributed by atoms with Gasteiger partial charge in [0.2, 0.25) is 11.8 Å². The predicted molar refractivity (Wildman–Crippen MR) is 114 cm³/mol. The third-order valence-electron chi connectivity index (χ3n) is 4.79. The van der Waals surface area contributed by atoms with Crippen molar-refractivity contribution in [3.05, 3.63) is 65.1 Å². The minimum Gasteiger partial charge on any atom is -0.477 e. The topological polar surface area (TPSA) is 159 Å². The number of aromatic carboxylic acids is 1. The summed E-state index contributed by atoms with van der Waals surface area (Å²) in [5.74, 6) is -1.49. The zero-order valence-corrected chi connectivity index (χ0v) is 17.2. The third kappa shape index (κ3) is 5.45. The molecule has 1 saturated heterocycles. The second-order valence-electron chi connectivity index (χ2n) is 6.93. The number of likely N-dealkylation sites (tertiary alicyclic amines) is 1. The van der Waals surface area contributed by atoms with Crippen LogP contribution in [0.3, 0.4) is 0 Å². The molecular formula is C21H21N6O5-. The molecule has 1 aliphatic rings. The van der Waals surface area contributed by atoms with Crippen molar-refractivity contribution < 1.29 is 19.5 Å². The molecular weight excluding hydrogens is 416 g/mol. The van der Waals surface area contributed by atoms with Gasteiger partial charge < -0.3 is 30.3 Å². The van der Waals surface area contributed by atoms with Crippen molar-refractivity contribution >= 4 is 23.5 Å². The number of benzene rings is 1. The molecule has 3 aromatic rings. The molecule has 11 nitrogen and oxygen atoms in total. The zero-order valence-electron chi connectivity index (χ0n) is 17.2. The van der Waals surface area contributed by atoms with E-state index in [0.717, 1.165) is 12.6 Å². The van der Waals surface area contributed by atoms with Gasteiger partial charge in [-0.15, -0.1) is 0 Å². The number of aromatic amines is 1. The Balaban J connectivity index is 0.000000509. The van der Waals surface area contributed by atoms with E-state index in [9.17, 15) is 19.2 Å². The monoisotopic (exact) mass is 437 g/mol. The Labute approximate surface area is 182 Å². The Morgan fingerprint density at radius 1 is 1.25 bits per heavy atom. The van der Waals surface area contributed by atoms with Gasteiger partial charge in [0, 0.05) is 30.9 Å². The number of rotatable bonds is 4. The fourth-order valence-electron chi connectivity index (χ4n) is 3.24. The summed E-state index contributed by atoms with van der Waals surface area (Å²) in [6, 6.07) is 6.11. The average Bonchev–Trinajstić information content (AvgIpc) is 3.49. The lowest BCUT2D eigenvalue weighted by Crippen LogP contribution is -2.42. The van der Waals surface area contributed by atoms with Gasteiger partial charge in [0.15, 0.2) is 0 Å². The van der Waals surface area contributed by atoms with Crippen LogP contribution < -0.4 is 15.9 Å². The van der Waals surface area contributed by atoms with Crippen molar-refractivity contribution in [3.63, 3.8) is 0 Å². The molecule has 2 aromatic heterocycles. The molecule has 0 spiro atoms. The van der Waals surface area contributed by atoms with Gasteiger partial charge in [0.05, 0.1) is 0 Å². The summed E-state index contributed by atoms with van der Waals surface area (Å²) >= 11 is 0. The highest BCUT2D eigenvalue weighted by Crippen LogP contribution is 2.21. The van der Waals surface area contributed by atoms with Crippen LogP contribution in [0, 0.1) is 0 Å². The van der Waals surface area contributed by atoms with Gasteiger partial charge in [-0.25, -0.2) is 9.78 Å². The maximum Gasteiger partial charge on any atom is 0.342 e. The Morgan fingerprint density at radius 2 is 2.00 bits per heavy atom. The summed E-state index contributed by atoms with van der Waals surface area (Å²) in [4.78, 5) is 61.7. The van der Waals surface area contributed by atoms with Crippen molar-refractivity contribution in [2.24, 2.45) is 0 Å². The summed E-state index contributed by atoms with van der Waals surface area (Å²) in [7, 11) is 0. The van der Waals surface area contributed by atoms with Crippen LogP contribution in [0.4, 0.5) is 5.69 Å². The summed E-state index contributed by atoms with van der Waals surface area (Å²) in [6.07, 6.45) is 7.20. The number of carboxylic acids is 1. The quantitative estimate of drug-likeness (QED) is 0.547. The first kappa shape index (κ1) is 22.4. The second kappa shape index (κ2) is 10.2. The van der Waals surface area contributed by atoms with Gasteiger partial charge in [-0.05, 0) is 37.1 Å². The number of nitrogens with zero attached hydrogens (tertiary/aromatic N) is 4. The van der Waals surface area contributed by atoms with Crippen molar-refractivity contribution in [1.29, 1.82) is 0 Å². The fourth-order valence-corrected chi connectivity index (χ4v) is 3.24. The van der Waals surface area contributed by atoms with Crippen molar-refractivity contribution in [2.45, 2.75) is 25.8 Å². The van der Waals surface area contributed by atoms with E-state index in [1.54, 1.807) is 41.6 Å². The molecule has 1 aliphatic heterocycles. The molecule has 2 amide bonds. The zero-order chi connectivity index (χ0) is 23.1. The van der Waals surface area contributed by atoms with Crippen molar-refractivity contribution in [1.82, 2.24) is 24.8 Å². The highest BCUT2D eigenvalue weighted by atomic mass is 16.4. The molecule has 1 atom stereocenters.